The van der Waals surface area contributed by atoms with Crippen molar-refractivity contribution < 1.29 is 9.47 Å². The molecule has 1 atom stereocenters. The zero-order valence-corrected chi connectivity index (χ0v) is 15.4. The molecule has 0 aliphatic rings. The highest BCUT2D eigenvalue weighted by molar-refractivity contribution is 5.56. The maximum Gasteiger partial charge on any atom is 0.142 e. The molecule has 0 amide bonds. The maximum atomic E-state index is 5.99. The summed E-state index contributed by atoms with van der Waals surface area (Å²) in [6, 6.07) is 16.4. The zero-order chi connectivity index (χ0) is 17.5. The van der Waals surface area contributed by atoms with Crippen molar-refractivity contribution in [3.63, 3.8) is 0 Å². The molecular formula is C21H29NO2. The molecule has 2 aromatic rings. The fraction of sp³-hybridized carbons (Fsp3) is 0.429. The summed E-state index contributed by atoms with van der Waals surface area (Å²) in [6.07, 6.45) is 0.211. The summed E-state index contributed by atoms with van der Waals surface area (Å²) >= 11 is 0. The van der Waals surface area contributed by atoms with E-state index in [1.807, 2.05) is 50.2 Å². The molecule has 3 nitrogen and oxygen atoms in total. The Labute approximate surface area is 146 Å². The molecule has 0 saturated heterocycles. The third-order valence-electron chi connectivity index (χ3n) is 3.71. The summed E-state index contributed by atoms with van der Waals surface area (Å²) in [5.41, 5.74) is 2.32. The van der Waals surface area contributed by atoms with Crippen LogP contribution in [0.15, 0.2) is 48.5 Å². The van der Waals surface area contributed by atoms with Crippen molar-refractivity contribution in [2.24, 2.45) is 0 Å². The van der Waals surface area contributed by atoms with E-state index in [1.54, 1.807) is 0 Å². The van der Waals surface area contributed by atoms with Gasteiger partial charge < -0.3 is 14.8 Å². The summed E-state index contributed by atoms with van der Waals surface area (Å²) < 4.78 is 11.8. The topological polar surface area (TPSA) is 30.5 Å². The lowest BCUT2D eigenvalue weighted by molar-refractivity contribution is 0.232. The number of ether oxygens (including phenoxy) is 2. The van der Waals surface area contributed by atoms with E-state index >= 15 is 0 Å². The second kappa shape index (κ2) is 8.62. The summed E-state index contributed by atoms with van der Waals surface area (Å²) in [5, 5.41) is 3.42. The van der Waals surface area contributed by atoms with E-state index in [-0.39, 0.29) is 12.2 Å². The van der Waals surface area contributed by atoms with Crippen LogP contribution < -0.4 is 14.8 Å². The van der Waals surface area contributed by atoms with Crippen molar-refractivity contribution in [3.8, 4) is 11.5 Å². The normalized spacial score (nSPS) is 12.3. The first-order valence-electron chi connectivity index (χ1n) is 8.72. The molecule has 0 radical (unpaired) electrons. The first-order valence-corrected chi connectivity index (χ1v) is 8.72. The Morgan fingerprint density at radius 3 is 2.12 bits per heavy atom. The van der Waals surface area contributed by atoms with Crippen LogP contribution in [0.25, 0.3) is 0 Å². The molecule has 0 saturated carbocycles. The summed E-state index contributed by atoms with van der Waals surface area (Å²) in [7, 11) is 0. The molecule has 1 N–H and O–H groups in total. The fourth-order valence-corrected chi connectivity index (χ4v) is 2.43. The van der Waals surface area contributed by atoms with Crippen molar-refractivity contribution >= 4 is 5.69 Å². The quantitative estimate of drug-likeness (QED) is 0.696. The van der Waals surface area contributed by atoms with Gasteiger partial charge in [-0.3, -0.25) is 0 Å². The minimum Gasteiger partial charge on any atom is -0.489 e. The van der Waals surface area contributed by atoms with Crippen molar-refractivity contribution in [3.05, 3.63) is 54.1 Å². The summed E-state index contributed by atoms with van der Waals surface area (Å²) in [6.45, 7) is 11.2. The van der Waals surface area contributed by atoms with Crippen LogP contribution in [-0.2, 0) is 0 Å². The molecule has 0 aromatic heterocycles. The molecule has 3 heteroatoms. The van der Waals surface area contributed by atoms with E-state index in [0.717, 1.165) is 17.2 Å². The van der Waals surface area contributed by atoms with Crippen molar-refractivity contribution in [1.29, 1.82) is 0 Å². The molecule has 0 aliphatic heterocycles. The maximum absolute atomic E-state index is 5.99. The van der Waals surface area contributed by atoms with Crippen molar-refractivity contribution in [2.75, 3.05) is 11.9 Å². The Morgan fingerprint density at radius 1 is 0.833 bits per heavy atom. The zero-order valence-electron chi connectivity index (χ0n) is 15.4. The highest BCUT2D eigenvalue weighted by Crippen LogP contribution is 2.25. The van der Waals surface area contributed by atoms with Gasteiger partial charge in [0.25, 0.3) is 0 Å². The monoisotopic (exact) mass is 327 g/mol. The minimum atomic E-state index is 0.0574. The van der Waals surface area contributed by atoms with E-state index in [4.69, 9.17) is 9.47 Å². The number of benzene rings is 2. The number of anilines is 1. The second-order valence-corrected chi connectivity index (χ2v) is 6.70. The molecular weight excluding hydrogens is 298 g/mol. The van der Waals surface area contributed by atoms with Crippen LogP contribution in [0.3, 0.4) is 0 Å². The van der Waals surface area contributed by atoms with Crippen LogP contribution in [0.2, 0.25) is 0 Å². The Kier molecular flexibility index (Phi) is 6.53. The molecule has 2 rings (SSSR count). The minimum absolute atomic E-state index is 0.0574. The smallest absolute Gasteiger partial charge is 0.142 e. The standard InChI is InChI=1S/C21H29NO2/c1-15(2)18-10-12-19(13-11-18)24-17(5)14-22-20-8-6-7-9-21(20)23-16(3)4/h6-13,15-17,22H,14H2,1-5H3/t17-/m0/s1. The fourth-order valence-electron chi connectivity index (χ4n) is 2.43. The number of hydrogen-bond acceptors (Lipinski definition) is 3. The number of nitrogens with one attached hydrogen (secondary N) is 1. The Morgan fingerprint density at radius 2 is 1.50 bits per heavy atom. The van der Waals surface area contributed by atoms with Gasteiger partial charge in [0.05, 0.1) is 18.3 Å². The highest BCUT2D eigenvalue weighted by atomic mass is 16.5. The van der Waals surface area contributed by atoms with Crippen molar-refractivity contribution in [1.82, 2.24) is 0 Å². The van der Waals surface area contributed by atoms with Crippen LogP contribution in [0.5, 0.6) is 11.5 Å². The SMILES string of the molecule is CC(C)Oc1ccccc1NC[C@H](C)Oc1ccc(C(C)C)cc1. The first kappa shape index (κ1) is 18.2. The molecule has 0 unspecified atom stereocenters. The van der Waals surface area contributed by atoms with Crippen LogP contribution in [0, 0.1) is 0 Å². The van der Waals surface area contributed by atoms with E-state index in [2.05, 4.69) is 38.2 Å². The van der Waals surface area contributed by atoms with Gasteiger partial charge in [-0.2, -0.15) is 0 Å². The molecule has 0 fully saturated rings. The van der Waals surface area contributed by atoms with Crippen LogP contribution >= 0.6 is 0 Å². The van der Waals surface area contributed by atoms with E-state index < -0.39 is 0 Å². The molecule has 0 aliphatic carbocycles. The molecule has 130 valence electrons. The van der Waals surface area contributed by atoms with Gasteiger partial charge in [-0.15, -0.1) is 0 Å². The van der Waals surface area contributed by atoms with Gasteiger partial charge in [-0.05, 0) is 56.5 Å². The van der Waals surface area contributed by atoms with Gasteiger partial charge in [-0.25, -0.2) is 0 Å². The van der Waals surface area contributed by atoms with Gasteiger partial charge in [-0.1, -0.05) is 38.1 Å². The van der Waals surface area contributed by atoms with Crippen LogP contribution in [0.1, 0.15) is 46.1 Å². The Bertz CT molecular complexity index is 620. The third kappa shape index (κ3) is 5.48. The van der Waals surface area contributed by atoms with E-state index in [1.165, 1.54) is 5.56 Å². The molecule has 24 heavy (non-hydrogen) atoms. The second-order valence-electron chi connectivity index (χ2n) is 6.70. The van der Waals surface area contributed by atoms with Crippen LogP contribution in [-0.4, -0.2) is 18.8 Å². The largest absolute Gasteiger partial charge is 0.489 e. The first-order chi connectivity index (χ1) is 11.5. The van der Waals surface area contributed by atoms with Gasteiger partial charge in [0, 0.05) is 0 Å². The van der Waals surface area contributed by atoms with E-state index in [0.29, 0.717) is 12.5 Å². The summed E-state index contributed by atoms with van der Waals surface area (Å²) in [4.78, 5) is 0. The molecule has 2 aromatic carbocycles. The van der Waals surface area contributed by atoms with Crippen LogP contribution in [0.4, 0.5) is 5.69 Å². The van der Waals surface area contributed by atoms with Crippen molar-refractivity contribution in [2.45, 2.75) is 52.7 Å². The predicted molar refractivity (Wildman–Crippen MR) is 101 cm³/mol. The summed E-state index contributed by atoms with van der Waals surface area (Å²) in [5.74, 6) is 2.32. The average molecular weight is 327 g/mol. The third-order valence-corrected chi connectivity index (χ3v) is 3.71. The highest BCUT2D eigenvalue weighted by Gasteiger charge is 2.08. The lowest BCUT2D eigenvalue weighted by Gasteiger charge is -2.19. The van der Waals surface area contributed by atoms with Gasteiger partial charge >= 0.3 is 0 Å². The predicted octanol–water partition coefficient (Wildman–Crippen LogP) is 5.48. The Balaban J connectivity index is 1.90. The molecule has 0 spiro atoms. The van der Waals surface area contributed by atoms with Gasteiger partial charge in [0.1, 0.15) is 17.6 Å². The molecule has 0 heterocycles. The number of hydrogen-bond donors (Lipinski definition) is 1. The van der Waals surface area contributed by atoms with Gasteiger partial charge in [0.15, 0.2) is 0 Å². The Hall–Kier alpha value is -2.16. The number of para-hydroxylation sites is 2. The van der Waals surface area contributed by atoms with E-state index in [9.17, 15) is 0 Å². The lowest BCUT2D eigenvalue weighted by atomic mass is 10.0. The van der Waals surface area contributed by atoms with Gasteiger partial charge in [0.2, 0.25) is 0 Å². The molecule has 0 bridgehead atoms. The number of rotatable bonds is 8. The lowest BCUT2D eigenvalue weighted by Crippen LogP contribution is -2.23. The average Bonchev–Trinajstić information content (AvgIpc) is 2.54.